The number of hydrogen-bond acceptors (Lipinski definition) is 4. The molecule has 1 aromatic carbocycles. The van der Waals surface area contributed by atoms with E-state index in [1.54, 1.807) is 12.1 Å². The highest BCUT2D eigenvalue weighted by Gasteiger charge is 2.10. The van der Waals surface area contributed by atoms with Crippen molar-refractivity contribution in [3.8, 4) is 0 Å². The lowest BCUT2D eigenvalue weighted by Gasteiger charge is -2.03. The summed E-state index contributed by atoms with van der Waals surface area (Å²) in [5, 5.41) is 15.4. The molecule has 0 bridgehead atoms. The number of benzene rings is 1. The molecule has 1 aromatic rings. The van der Waals surface area contributed by atoms with Gasteiger partial charge in [0.1, 0.15) is 0 Å². The molecule has 8 heteroatoms. The molecule has 0 aliphatic carbocycles. The van der Waals surface area contributed by atoms with Crippen molar-refractivity contribution in [3.05, 3.63) is 29.8 Å². The zero-order valence-corrected chi connectivity index (χ0v) is 10.1. The van der Waals surface area contributed by atoms with Crippen molar-refractivity contribution in [1.82, 2.24) is 5.32 Å². The average Bonchev–Trinajstić information content (AvgIpc) is 2.28. The molecule has 0 unspecified atom stereocenters. The molecular weight excluding hydrogens is 260 g/mol. The number of nitrogens with one attached hydrogen (secondary N) is 1. The van der Waals surface area contributed by atoms with Gasteiger partial charge in [-0.15, -0.1) is 0 Å². The van der Waals surface area contributed by atoms with Crippen LogP contribution < -0.4 is 10.5 Å². The van der Waals surface area contributed by atoms with Crippen molar-refractivity contribution in [3.63, 3.8) is 0 Å². The van der Waals surface area contributed by atoms with Gasteiger partial charge in [-0.25, -0.2) is 18.4 Å². The van der Waals surface area contributed by atoms with Gasteiger partial charge in [-0.3, -0.25) is 4.79 Å². The van der Waals surface area contributed by atoms with Crippen LogP contribution in [0.2, 0.25) is 0 Å². The molecule has 0 fully saturated rings. The molecule has 1 rings (SSSR count). The first kappa shape index (κ1) is 14.1. The molecule has 0 saturated heterocycles. The molecule has 98 valence electrons. The van der Waals surface area contributed by atoms with E-state index in [2.05, 4.69) is 5.32 Å². The van der Waals surface area contributed by atoms with Gasteiger partial charge in [0.15, 0.2) is 0 Å². The van der Waals surface area contributed by atoms with E-state index in [1.165, 1.54) is 12.1 Å². The van der Waals surface area contributed by atoms with E-state index in [1.807, 2.05) is 0 Å². The molecule has 4 N–H and O–H groups in total. The van der Waals surface area contributed by atoms with Crippen molar-refractivity contribution in [2.24, 2.45) is 5.14 Å². The van der Waals surface area contributed by atoms with Gasteiger partial charge in [-0.2, -0.15) is 0 Å². The van der Waals surface area contributed by atoms with Gasteiger partial charge in [0.05, 0.1) is 4.90 Å². The third-order valence-electron chi connectivity index (χ3n) is 2.15. The molecule has 0 atom stereocenters. The maximum absolute atomic E-state index is 11.0. The fourth-order valence-electron chi connectivity index (χ4n) is 1.24. The number of carbonyl (C=O) groups excluding carboxylic acids is 1. The monoisotopic (exact) mass is 272 g/mol. The Bertz CT molecular complexity index is 550. The lowest BCUT2D eigenvalue weighted by molar-refractivity contribution is -0.150. The molecule has 0 radical (unpaired) electrons. The first-order chi connectivity index (χ1) is 8.30. The Balaban J connectivity index is 2.55. The van der Waals surface area contributed by atoms with Crippen molar-refractivity contribution in [1.29, 1.82) is 0 Å². The third kappa shape index (κ3) is 4.15. The third-order valence-corrected chi connectivity index (χ3v) is 3.07. The topological polar surface area (TPSA) is 127 Å². The van der Waals surface area contributed by atoms with E-state index in [0.29, 0.717) is 6.42 Å². The van der Waals surface area contributed by atoms with Crippen LogP contribution in [-0.4, -0.2) is 31.9 Å². The van der Waals surface area contributed by atoms with Gasteiger partial charge in [0.2, 0.25) is 10.0 Å². The minimum Gasteiger partial charge on any atom is -0.474 e. The largest absolute Gasteiger partial charge is 0.474 e. The van der Waals surface area contributed by atoms with E-state index in [9.17, 15) is 18.0 Å². The molecule has 0 spiro atoms. The second-order valence-corrected chi connectivity index (χ2v) is 5.06. The van der Waals surface area contributed by atoms with Crippen molar-refractivity contribution < 1.29 is 23.1 Å². The molecule has 7 nitrogen and oxygen atoms in total. The van der Waals surface area contributed by atoms with Crippen molar-refractivity contribution in [2.45, 2.75) is 11.3 Å². The number of carboxylic acids is 1. The lowest BCUT2D eigenvalue weighted by atomic mass is 10.1. The normalized spacial score (nSPS) is 10.9. The average molecular weight is 272 g/mol. The summed E-state index contributed by atoms with van der Waals surface area (Å²) in [6.45, 7) is 0.153. The maximum atomic E-state index is 11.0. The van der Waals surface area contributed by atoms with E-state index >= 15 is 0 Å². The predicted molar refractivity (Wildman–Crippen MR) is 62.2 cm³/mol. The number of nitrogens with two attached hydrogens (primary N) is 1. The number of sulfonamides is 1. The number of hydrogen-bond donors (Lipinski definition) is 3. The molecule has 0 heterocycles. The van der Waals surface area contributed by atoms with Crippen molar-refractivity contribution >= 4 is 21.9 Å². The summed E-state index contributed by atoms with van der Waals surface area (Å²) < 4.78 is 22.0. The van der Waals surface area contributed by atoms with Crippen LogP contribution in [-0.2, 0) is 26.0 Å². The maximum Gasteiger partial charge on any atom is 0.394 e. The molecule has 0 aromatic heterocycles. The Hall–Kier alpha value is -1.93. The Kier molecular flexibility index (Phi) is 4.40. The number of amides is 1. The Morgan fingerprint density at radius 2 is 1.78 bits per heavy atom. The van der Waals surface area contributed by atoms with E-state index in [4.69, 9.17) is 10.2 Å². The van der Waals surface area contributed by atoms with Crippen LogP contribution in [0.5, 0.6) is 0 Å². The fraction of sp³-hybridized carbons (Fsp3) is 0.200. The highest BCUT2D eigenvalue weighted by Crippen LogP contribution is 2.08. The molecule has 18 heavy (non-hydrogen) atoms. The van der Waals surface area contributed by atoms with Crippen LogP contribution in [0.25, 0.3) is 0 Å². The van der Waals surface area contributed by atoms with Crippen LogP contribution in [0, 0.1) is 0 Å². The van der Waals surface area contributed by atoms with Gasteiger partial charge >= 0.3 is 11.9 Å². The standard InChI is InChI=1S/C10H12N2O5S/c11-18(16,17)8-3-1-7(2-4-8)5-6-12-9(13)10(14)15/h1-4H,5-6H2,(H,12,13)(H,14,15)(H2,11,16,17). The first-order valence-electron chi connectivity index (χ1n) is 4.93. The zero-order chi connectivity index (χ0) is 13.8. The second kappa shape index (κ2) is 5.61. The summed E-state index contributed by atoms with van der Waals surface area (Å²) in [6.07, 6.45) is 0.393. The number of aliphatic carboxylic acids is 1. The Morgan fingerprint density at radius 1 is 1.22 bits per heavy atom. The van der Waals surface area contributed by atoms with Crippen molar-refractivity contribution in [2.75, 3.05) is 6.54 Å². The van der Waals surface area contributed by atoms with E-state index in [0.717, 1.165) is 5.56 Å². The number of carbonyl (C=O) groups is 2. The fourth-order valence-corrected chi connectivity index (χ4v) is 1.76. The second-order valence-electron chi connectivity index (χ2n) is 3.50. The summed E-state index contributed by atoms with van der Waals surface area (Å²) in [5.74, 6) is -2.62. The van der Waals surface area contributed by atoms with E-state index in [-0.39, 0.29) is 11.4 Å². The predicted octanol–water partition coefficient (Wildman–Crippen LogP) is -0.923. The number of carboxylic acid groups (broad SMARTS) is 1. The minimum atomic E-state index is -3.71. The van der Waals surface area contributed by atoms with Gasteiger partial charge in [0, 0.05) is 6.54 Å². The summed E-state index contributed by atoms with van der Waals surface area (Å²) in [5.41, 5.74) is 0.757. The first-order valence-corrected chi connectivity index (χ1v) is 6.48. The molecule has 1 amide bonds. The summed E-state index contributed by atoms with van der Waals surface area (Å²) in [4.78, 5) is 20.9. The highest BCUT2D eigenvalue weighted by molar-refractivity contribution is 7.89. The molecule has 0 saturated carbocycles. The van der Waals surface area contributed by atoms with Crippen LogP contribution >= 0.6 is 0 Å². The van der Waals surface area contributed by atoms with Crippen LogP contribution in [0.4, 0.5) is 0 Å². The van der Waals surface area contributed by atoms with Crippen LogP contribution in [0.15, 0.2) is 29.2 Å². The van der Waals surface area contributed by atoms with Gasteiger partial charge in [-0.1, -0.05) is 12.1 Å². The number of rotatable bonds is 4. The summed E-state index contributed by atoms with van der Waals surface area (Å²) >= 11 is 0. The highest BCUT2D eigenvalue weighted by atomic mass is 32.2. The number of primary sulfonamides is 1. The lowest BCUT2D eigenvalue weighted by Crippen LogP contribution is -2.32. The van der Waals surface area contributed by atoms with Crippen LogP contribution in [0.1, 0.15) is 5.56 Å². The van der Waals surface area contributed by atoms with Gasteiger partial charge < -0.3 is 10.4 Å². The summed E-state index contributed by atoms with van der Waals surface area (Å²) in [6, 6.07) is 5.80. The molecule has 0 aliphatic rings. The van der Waals surface area contributed by atoms with E-state index < -0.39 is 21.9 Å². The SMILES string of the molecule is NS(=O)(=O)c1ccc(CCNC(=O)C(=O)O)cc1. The minimum absolute atomic E-state index is 0.000761. The van der Waals surface area contributed by atoms with Gasteiger partial charge in [0.25, 0.3) is 0 Å². The van der Waals surface area contributed by atoms with Crippen LogP contribution in [0.3, 0.4) is 0 Å². The smallest absolute Gasteiger partial charge is 0.394 e. The Labute approximate surface area is 104 Å². The van der Waals surface area contributed by atoms with Gasteiger partial charge in [-0.05, 0) is 24.1 Å². The molecular formula is C10H12N2O5S. The summed E-state index contributed by atoms with van der Waals surface area (Å²) in [7, 11) is -3.71. The Morgan fingerprint density at radius 3 is 2.22 bits per heavy atom. The zero-order valence-electron chi connectivity index (χ0n) is 9.29. The quantitative estimate of drug-likeness (QED) is 0.611. The molecule has 0 aliphatic heterocycles.